The molecule has 120 valence electrons. The zero-order chi connectivity index (χ0) is 15.5. The van der Waals surface area contributed by atoms with Crippen molar-refractivity contribution >= 4 is 16.5 Å². The molecule has 1 fully saturated rings. The Morgan fingerprint density at radius 3 is 2.67 bits per heavy atom. The molecule has 1 aromatic heterocycles. The number of nitrogens with zero attached hydrogens (tertiary/aromatic N) is 2. The van der Waals surface area contributed by atoms with Crippen molar-refractivity contribution in [3.05, 3.63) is 10.6 Å². The van der Waals surface area contributed by atoms with Crippen LogP contribution >= 0.6 is 11.3 Å². The molecule has 0 aliphatic heterocycles. The minimum Gasteiger partial charge on any atom is -0.383 e. The molecule has 0 amide bonds. The molecule has 0 radical (unpaired) electrons. The second kappa shape index (κ2) is 7.07. The van der Waals surface area contributed by atoms with Crippen LogP contribution in [0.2, 0.25) is 0 Å². The van der Waals surface area contributed by atoms with Gasteiger partial charge in [-0.2, -0.15) is 0 Å². The molecule has 1 N–H and O–H groups in total. The van der Waals surface area contributed by atoms with E-state index < -0.39 is 0 Å². The summed E-state index contributed by atoms with van der Waals surface area (Å²) in [5, 5.41) is 4.61. The summed E-state index contributed by atoms with van der Waals surface area (Å²) in [6.07, 6.45) is 2.76. The van der Waals surface area contributed by atoms with Crippen LogP contribution in [0.15, 0.2) is 0 Å². The highest BCUT2D eigenvalue weighted by Gasteiger charge is 2.27. The first-order valence-corrected chi connectivity index (χ1v) is 8.64. The Labute approximate surface area is 132 Å². The third-order valence-electron chi connectivity index (χ3n) is 3.72. The average molecular weight is 311 g/mol. The van der Waals surface area contributed by atoms with Gasteiger partial charge in [-0.25, -0.2) is 4.98 Å². The summed E-state index contributed by atoms with van der Waals surface area (Å²) in [6, 6.07) is 0. The van der Waals surface area contributed by atoms with Crippen LogP contribution in [0.5, 0.6) is 0 Å². The van der Waals surface area contributed by atoms with Gasteiger partial charge >= 0.3 is 0 Å². The lowest BCUT2D eigenvalue weighted by Crippen LogP contribution is -2.22. The predicted octanol–water partition coefficient (Wildman–Crippen LogP) is 3.02. The van der Waals surface area contributed by atoms with Crippen molar-refractivity contribution < 1.29 is 4.74 Å². The van der Waals surface area contributed by atoms with Crippen LogP contribution in [0, 0.1) is 5.92 Å². The minimum absolute atomic E-state index is 0.0907. The maximum absolute atomic E-state index is 5.09. The Morgan fingerprint density at radius 1 is 1.38 bits per heavy atom. The van der Waals surface area contributed by atoms with E-state index >= 15 is 0 Å². The molecule has 1 aliphatic rings. The van der Waals surface area contributed by atoms with Crippen LogP contribution in [-0.2, 0) is 16.7 Å². The highest BCUT2D eigenvalue weighted by Crippen LogP contribution is 2.36. The van der Waals surface area contributed by atoms with E-state index in [-0.39, 0.29) is 5.41 Å². The van der Waals surface area contributed by atoms with Crippen LogP contribution < -0.4 is 10.2 Å². The molecule has 0 unspecified atom stereocenters. The van der Waals surface area contributed by atoms with Crippen molar-refractivity contribution in [3.63, 3.8) is 0 Å². The van der Waals surface area contributed by atoms with Crippen molar-refractivity contribution in [2.75, 3.05) is 38.8 Å². The molecule has 0 atom stereocenters. The van der Waals surface area contributed by atoms with Crippen molar-refractivity contribution in [1.82, 2.24) is 10.3 Å². The van der Waals surface area contributed by atoms with Gasteiger partial charge in [0, 0.05) is 44.1 Å². The van der Waals surface area contributed by atoms with Crippen molar-refractivity contribution in [1.29, 1.82) is 0 Å². The highest BCUT2D eigenvalue weighted by atomic mass is 32.1. The van der Waals surface area contributed by atoms with Crippen LogP contribution in [0.1, 0.15) is 44.2 Å². The minimum atomic E-state index is 0.0907. The normalized spacial score (nSPS) is 15.5. The summed E-state index contributed by atoms with van der Waals surface area (Å²) < 4.78 is 5.09. The van der Waals surface area contributed by atoms with E-state index in [1.165, 1.54) is 23.4 Å². The van der Waals surface area contributed by atoms with Crippen LogP contribution in [0.25, 0.3) is 0 Å². The fraction of sp³-hybridized carbons (Fsp3) is 0.812. The van der Waals surface area contributed by atoms with Gasteiger partial charge < -0.3 is 15.0 Å². The van der Waals surface area contributed by atoms with E-state index in [2.05, 4.69) is 38.0 Å². The Bertz CT molecular complexity index is 449. The van der Waals surface area contributed by atoms with Crippen molar-refractivity contribution in [2.45, 2.75) is 45.6 Å². The second-order valence-electron chi connectivity index (χ2n) is 7.01. The molecule has 5 heteroatoms. The fourth-order valence-electron chi connectivity index (χ4n) is 2.35. The number of anilines is 1. The smallest absolute Gasteiger partial charge is 0.185 e. The molecule has 4 nitrogen and oxygen atoms in total. The summed E-state index contributed by atoms with van der Waals surface area (Å²) in [5.74, 6) is 0.889. The predicted molar refractivity (Wildman–Crippen MR) is 90.4 cm³/mol. The first kappa shape index (κ1) is 16.7. The molecule has 1 heterocycles. The fourth-order valence-corrected chi connectivity index (χ4v) is 3.56. The Hall–Kier alpha value is -0.650. The lowest BCUT2D eigenvalue weighted by Gasteiger charge is -2.18. The summed E-state index contributed by atoms with van der Waals surface area (Å²) in [7, 11) is 3.91. The zero-order valence-electron chi connectivity index (χ0n) is 14.0. The highest BCUT2D eigenvalue weighted by molar-refractivity contribution is 7.15. The lowest BCUT2D eigenvalue weighted by molar-refractivity contribution is 0.199. The van der Waals surface area contributed by atoms with E-state index in [0.29, 0.717) is 0 Å². The molecule has 0 spiro atoms. The van der Waals surface area contributed by atoms with Crippen LogP contribution in [0.3, 0.4) is 0 Å². The number of hydrogen-bond acceptors (Lipinski definition) is 5. The van der Waals surface area contributed by atoms with Gasteiger partial charge in [-0.3, -0.25) is 0 Å². The van der Waals surface area contributed by atoms with Crippen molar-refractivity contribution in [3.8, 4) is 0 Å². The first-order valence-electron chi connectivity index (χ1n) is 7.82. The van der Waals surface area contributed by atoms with Crippen LogP contribution in [-0.4, -0.2) is 38.8 Å². The monoisotopic (exact) mass is 311 g/mol. The molecule has 0 saturated heterocycles. The largest absolute Gasteiger partial charge is 0.383 e. The Morgan fingerprint density at radius 2 is 2.10 bits per heavy atom. The SMILES string of the molecule is COCCNCc1sc(N(C)CC2CC2)nc1C(C)(C)C. The molecule has 2 rings (SSSR count). The number of aromatic nitrogens is 1. The van der Waals surface area contributed by atoms with Gasteiger partial charge in [0.15, 0.2) is 5.13 Å². The van der Waals surface area contributed by atoms with E-state index in [1.54, 1.807) is 7.11 Å². The maximum atomic E-state index is 5.09. The molecule has 0 aromatic carbocycles. The average Bonchev–Trinajstić information content (AvgIpc) is 3.09. The molecular formula is C16H29N3OS. The van der Waals surface area contributed by atoms with Gasteiger partial charge in [0.05, 0.1) is 12.3 Å². The van der Waals surface area contributed by atoms with E-state index in [1.807, 2.05) is 11.3 Å². The molecule has 21 heavy (non-hydrogen) atoms. The van der Waals surface area contributed by atoms with Gasteiger partial charge in [0.25, 0.3) is 0 Å². The number of thiazole rings is 1. The molecule has 1 aliphatic carbocycles. The van der Waals surface area contributed by atoms with Crippen LogP contribution in [0.4, 0.5) is 5.13 Å². The van der Waals surface area contributed by atoms with Gasteiger partial charge in [-0.05, 0) is 18.8 Å². The van der Waals surface area contributed by atoms with Gasteiger partial charge in [0.1, 0.15) is 0 Å². The molecule has 1 saturated carbocycles. The summed E-state index contributed by atoms with van der Waals surface area (Å²) in [6.45, 7) is 10.4. The van der Waals surface area contributed by atoms with E-state index in [0.717, 1.165) is 37.3 Å². The standard InChI is InChI=1S/C16H29N3OS/c1-16(2,3)14-13(10-17-8-9-20-5)21-15(18-14)19(4)11-12-6-7-12/h12,17H,6-11H2,1-5H3. The van der Waals surface area contributed by atoms with Crippen molar-refractivity contribution in [2.24, 2.45) is 5.92 Å². The number of nitrogens with one attached hydrogen (secondary N) is 1. The molecule has 0 bridgehead atoms. The summed E-state index contributed by atoms with van der Waals surface area (Å²) in [5.41, 5.74) is 1.32. The van der Waals surface area contributed by atoms with E-state index in [4.69, 9.17) is 9.72 Å². The zero-order valence-corrected chi connectivity index (χ0v) is 14.8. The molecule has 1 aromatic rings. The summed E-state index contributed by atoms with van der Waals surface area (Å²) in [4.78, 5) is 8.62. The molecular weight excluding hydrogens is 282 g/mol. The Kier molecular flexibility index (Phi) is 5.63. The topological polar surface area (TPSA) is 37.4 Å². The number of hydrogen-bond donors (Lipinski definition) is 1. The third-order valence-corrected chi connectivity index (χ3v) is 4.89. The maximum Gasteiger partial charge on any atom is 0.185 e. The number of methoxy groups -OCH3 is 1. The lowest BCUT2D eigenvalue weighted by atomic mass is 9.91. The Balaban J connectivity index is 2.06. The quantitative estimate of drug-likeness (QED) is 0.749. The number of rotatable bonds is 8. The third kappa shape index (κ3) is 4.94. The second-order valence-corrected chi connectivity index (χ2v) is 8.07. The first-order chi connectivity index (χ1) is 9.91. The van der Waals surface area contributed by atoms with Gasteiger partial charge in [-0.1, -0.05) is 20.8 Å². The van der Waals surface area contributed by atoms with E-state index in [9.17, 15) is 0 Å². The van der Waals surface area contributed by atoms with Gasteiger partial charge in [0.2, 0.25) is 0 Å². The van der Waals surface area contributed by atoms with Gasteiger partial charge in [-0.15, -0.1) is 11.3 Å². The number of ether oxygens (including phenoxy) is 1. The summed E-state index contributed by atoms with van der Waals surface area (Å²) >= 11 is 1.83.